The third-order valence-electron chi connectivity index (χ3n) is 8.27. The van der Waals surface area contributed by atoms with Gasteiger partial charge in [0.1, 0.15) is 36.4 Å². The minimum Gasteiger partial charge on any atom is -0.776 e. The van der Waals surface area contributed by atoms with Gasteiger partial charge in [0, 0.05) is 74.6 Å². The van der Waals surface area contributed by atoms with Crippen molar-refractivity contribution < 1.29 is 99.8 Å². The maximum absolute atomic E-state index is 14.2. The van der Waals surface area contributed by atoms with Gasteiger partial charge in [-0.15, -0.1) is 0 Å². The van der Waals surface area contributed by atoms with Crippen molar-refractivity contribution in [1.82, 2.24) is 14.9 Å². The lowest BCUT2D eigenvalue weighted by Crippen LogP contribution is -2.62. The highest BCUT2D eigenvalue weighted by Crippen LogP contribution is 2.50. The van der Waals surface area contributed by atoms with Crippen molar-refractivity contribution in [2.75, 3.05) is 18.5 Å². The van der Waals surface area contributed by atoms with Crippen molar-refractivity contribution in [3.8, 4) is 0 Å². The van der Waals surface area contributed by atoms with Crippen LogP contribution in [0.4, 0.5) is 5.82 Å². The lowest BCUT2D eigenvalue weighted by molar-refractivity contribution is -0.216. The first-order valence-corrected chi connectivity index (χ1v) is 20.2. The number of nitrogens with zero attached hydrogens (tertiary/aromatic N) is 2. The minimum atomic E-state index is -5.80. The Kier molecular flexibility index (Phi) is 18.0. The molecule has 3 rings (SSSR count). The molecule has 0 bridgehead atoms. The van der Waals surface area contributed by atoms with Crippen LogP contribution in [0.15, 0.2) is 28.9 Å². The quantitative estimate of drug-likeness (QED) is 0.0968. The van der Waals surface area contributed by atoms with Crippen LogP contribution in [0.25, 0.3) is 0 Å². The van der Waals surface area contributed by atoms with Crippen LogP contribution in [-0.4, -0.2) is 131 Å². The molecule has 0 saturated carbocycles. The van der Waals surface area contributed by atoms with E-state index >= 15 is 0 Å². The largest absolute Gasteiger partial charge is 0.776 e. The van der Waals surface area contributed by atoms with Crippen LogP contribution in [0, 0.1) is 0 Å². The molecule has 63 heavy (non-hydrogen) atoms. The van der Waals surface area contributed by atoms with E-state index in [1.165, 1.54) is 6.07 Å². The molecule has 0 radical (unpaired) electrons. The Bertz CT molecular complexity index is 2090. The van der Waals surface area contributed by atoms with Crippen LogP contribution in [0.3, 0.4) is 0 Å². The summed E-state index contributed by atoms with van der Waals surface area (Å²) in [6.45, 7) is 6.81. The fourth-order valence-electron chi connectivity index (χ4n) is 6.24. The van der Waals surface area contributed by atoms with Crippen molar-refractivity contribution in [3.63, 3.8) is 0 Å². The van der Waals surface area contributed by atoms with Crippen molar-refractivity contribution in [1.29, 1.82) is 0 Å². The van der Waals surface area contributed by atoms with Crippen LogP contribution in [0.5, 0.6) is 0 Å². The second-order valence-corrected chi connectivity index (χ2v) is 15.5. The van der Waals surface area contributed by atoms with E-state index in [-0.39, 0.29) is 5.82 Å². The Morgan fingerprint density at radius 1 is 0.794 bits per heavy atom. The molecule has 2 aliphatic heterocycles. The van der Waals surface area contributed by atoms with Crippen LogP contribution in [-0.2, 0) is 94.9 Å². The minimum absolute atomic E-state index is 0.169. The van der Waals surface area contributed by atoms with Crippen LogP contribution in [0.1, 0.15) is 68.5 Å². The standard InChI is InChI=1S/C36H47N4O22P/c1-15(41)37-28-10-11-40(36(50)39-28)34-33(59-22(8)48)31(58-21(7)47)27(62-34)14-54-63(51,52)35(60-23(9)49)25-12-24(55-18(4)44)29(38-16(2)42)32(61-25)30(57-20(6)46)26(56-19(5)45)13-53-17(3)43/h10-12,24,26-27,29-35H,13-14H2,1-9H3,(H,38,42)(H,51,52)(H,37,39,41,50)/p-1/t24-,26-,27-,29-,30-,31?,32?,33?,34-,35-/m1/s1. The number of rotatable bonds is 18. The van der Waals surface area contributed by atoms with E-state index in [1.54, 1.807) is 0 Å². The Morgan fingerprint density at radius 3 is 1.89 bits per heavy atom. The lowest BCUT2D eigenvalue weighted by Gasteiger charge is -2.44. The number of ether oxygens (including phenoxy) is 9. The van der Waals surface area contributed by atoms with E-state index in [4.69, 9.17) is 47.2 Å². The van der Waals surface area contributed by atoms with Crippen LogP contribution >= 0.6 is 7.60 Å². The fourth-order valence-corrected chi connectivity index (χ4v) is 7.47. The van der Waals surface area contributed by atoms with Crippen LogP contribution < -0.4 is 21.2 Å². The molecule has 348 valence electrons. The van der Waals surface area contributed by atoms with Crippen LogP contribution in [0.2, 0.25) is 0 Å². The van der Waals surface area contributed by atoms with Crippen molar-refractivity contribution >= 4 is 67.0 Å². The summed E-state index contributed by atoms with van der Waals surface area (Å²) in [6.07, 6.45) is -12.1. The van der Waals surface area contributed by atoms with Gasteiger partial charge in [0.25, 0.3) is 0 Å². The smallest absolute Gasteiger partial charge is 0.351 e. The molecule has 3 heterocycles. The average Bonchev–Trinajstić information content (AvgIpc) is 3.44. The summed E-state index contributed by atoms with van der Waals surface area (Å²) < 4.78 is 69.2. The number of aromatic nitrogens is 2. The molecule has 0 aliphatic carbocycles. The normalized spacial score (nSPS) is 23.9. The molecule has 4 unspecified atom stereocenters. The number of hydrogen-bond donors (Lipinski definition) is 2. The summed E-state index contributed by atoms with van der Waals surface area (Å²) in [5.74, 6) is -12.2. The number of amides is 2. The summed E-state index contributed by atoms with van der Waals surface area (Å²) in [7, 11) is -5.80. The van der Waals surface area contributed by atoms with Crippen molar-refractivity contribution in [2.45, 2.75) is 123 Å². The molecule has 1 aromatic rings. The van der Waals surface area contributed by atoms with Gasteiger partial charge in [0.05, 0.1) is 6.61 Å². The molecule has 11 atom stereocenters. The first-order chi connectivity index (χ1) is 29.3. The molecule has 27 heteroatoms. The van der Waals surface area contributed by atoms with Gasteiger partial charge in [-0.25, -0.2) is 4.79 Å². The highest BCUT2D eigenvalue weighted by molar-refractivity contribution is 7.52. The molecule has 2 amide bonds. The second-order valence-electron chi connectivity index (χ2n) is 13.7. The Hall–Kier alpha value is -6.24. The molecule has 1 aromatic heterocycles. The van der Waals surface area contributed by atoms with E-state index < -0.39 is 147 Å². The SMILES string of the molecule is CC(=O)Nc1ccn([C@@H]2O[C@H](COP(=O)([O-])[C@@H](OC(C)=O)C3=C[C@@H](OC(C)=O)[C@@H](NC(C)=O)C([C@H](OC(C)=O)[C@@H](COC(C)=O)OC(C)=O)O3)C(OC(C)=O)C2OC(C)=O)c(=O)n1. The molecule has 1 saturated heterocycles. The molecule has 2 N–H and O–H groups in total. The molecule has 0 spiro atoms. The number of esters is 7. The van der Waals surface area contributed by atoms with Crippen molar-refractivity contribution in [3.05, 3.63) is 34.6 Å². The number of carbonyl (C=O) groups excluding carboxylic acids is 9. The molecular weight excluding hydrogens is 871 g/mol. The zero-order valence-corrected chi connectivity index (χ0v) is 36.1. The predicted octanol–water partition coefficient (Wildman–Crippen LogP) is -1.43. The molecule has 0 aromatic carbocycles. The second kappa shape index (κ2) is 22.2. The van der Waals surface area contributed by atoms with Gasteiger partial charge in [-0.05, 0) is 6.07 Å². The van der Waals surface area contributed by atoms with Gasteiger partial charge < -0.3 is 67.2 Å². The zero-order valence-electron chi connectivity index (χ0n) is 35.2. The van der Waals surface area contributed by atoms with E-state index in [0.29, 0.717) is 0 Å². The van der Waals surface area contributed by atoms with Gasteiger partial charge in [-0.1, -0.05) is 0 Å². The van der Waals surface area contributed by atoms with Gasteiger partial charge >= 0.3 is 47.5 Å². The zero-order chi connectivity index (χ0) is 47.5. The number of carbonyl (C=O) groups is 9. The number of hydrogen-bond acceptors (Lipinski definition) is 23. The predicted molar refractivity (Wildman–Crippen MR) is 201 cm³/mol. The Labute approximate surface area is 357 Å². The fraction of sp³-hybridized carbons (Fsp3) is 0.583. The third kappa shape index (κ3) is 15.0. The Balaban J connectivity index is 2.16. The monoisotopic (exact) mass is 917 g/mol. The maximum atomic E-state index is 14.2. The highest BCUT2D eigenvalue weighted by atomic mass is 31.2. The summed E-state index contributed by atoms with van der Waals surface area (Å²) in [6, 6.07) is -0.421. The summed E-state index contributed by atoms with van der Waals surface area (Å²) in [5, 5.41) is 4.74. The summed E-state index contributed by atoms with van der Waals surface area (Å²) in [5.41, 5.74) is -1.07. The molecule has 2 aliphatic rings. The number of anilines is 1. The van der Waals surface area contributed by atoms with Crippen molar-refractivity contribution in [2.24, 2.45) is 0 Å². The van der Waals surface area contributed by atoms with E-state index in [2.05, 4.69) is 15.6 Å². The average molecular weight is 918 g/mol. The summed E-state index contributed by atoms with van der Waals surface area (Å²) in [4.78, 5) is 141. The molecule has 1 fully saturated rings. The maximum Gasteiger partial charge on any atom is 0.351 e. The Morgan fingerprint density at radius 2 is 1.38 bits per heavy atom. The summed E-state index contributed by atoms with van der Waals surface area (Å²) >= 11 is 0. The first kappa shape index (κ1) is 51.1. The lowest BCUT2D eigenvalue weighted by atomic mass is 9.93. The number of nitrogens with one attached hydrogen (secondary N) is 2. The topological polar surface area (TPSA) is 345 Å². The van der Waals surface area contributed by atoms with E-state index in [0.717, 1.165) is 79.2 Å². The van der Waals surface area contributed by atoms with E-state index in [9.17, 15) is 57.4 Å². The first-order valence-electron chi connectivity index (χ1n) is 18.6. The molecular formula is C36H46N4O22P-. The van der Waals surface area contributed by atoms with Gasteiger partial charge in [0.15, 0.2) is 44.3 Å². The van der Waals surface area contributed by atoms with Gasteiger partial charge in [0.2, 0.25) is 17.7 Å². The van der Waals surface area contributed by atoms with Gasteiger partial charge in [-0.2, -0.15) is 4.98 Å². The highest BCUT2D eigenvalue weighted by Gasteiger charge is 2.53. The van der Waals surface area contributed by atoms with E-state index in [1.807, 2.05) is 0 Å². The third-order valence-corrected chi connectivity index (χ3v) is 9.71. The van der Waals surface area contributed by atoms with Gasteiger partial charge in [-0.3, -0.25) is 47.7 Å². The molecule has 26 nitrogen and oxygen atoms in total.